The molecule has 0 radical (unpaired) electrons. The van der Waals surface area contributed by atoms with Gasteiger partial charge in [-0.05, 0) is 38.6 Å². The third kappa shape index (κ3) is 4.02. The molecule has 1 unspecified atom stereocenters. The van der Waals surface area contributed by atoms with E-state index in [4.69, 9.17) is 4.74 Å². The Morgan fingerprint density at radius 1 is 1.05 bits per heavy atom. The van der Waals surface area contributed by atoms with Crippen LogP contribution in [0.5, 0.6) is 5.75 Å². The number of ether oxygens (including phenoxy) is 1. The Morgan fingerprint density at radius 3 is 2.33 bits per heavy atom. The van der Waals surface area contributed by atoms with Gasteiger partial charge in [0.2, 0.25) is 0 Å². The van der Waals surface area contributed by atoms with Crippen molar-refractivity contribution in [2.24, 2.45) is 0 Å². The largest absolute Gasteiger partial charge is 0.488 e. The maximum Gasteiger partial charge on any atom is 0.165 e. The van der Waals surface area contributed by atoms with Crippen molar-refractivity contribution in [3.05, 3.63) is 64.7 Å². The van der Waals surface area contributed by atoms with Gasteiger partial charge in [0.05, 0.1) is 6.04 Å². The van der Waals surface area contributed by atoms with Crippen LogP contribution in [0.25, 0.3) is 0 Å². The Hall–Kier alpha value is -1.94. The van der Waals surface area contributed by atoms with E-state index in [-0.39, 0.29) is 18.4 Å². The third-order valence-corrected chi connectivity index (χ3v) is 3.29. The molecule has 0 aliphatic heterocycles. The van der Waals surface area contributed by atoms with E-state index in [9.17, 15) is 8.78 Å². The zero-order chi connectivity index (χ0) is 15.4. The second-order valence-corrected chi connectivity index (χ2v) is 5.15. The summed E-state index contributed by atoms with van der Waals surface area (Å²) in [5.41, 5.74) is 3.37. The molecule has 2 aromatic rings. The van der Waals surface area contributed by atoms with Crippen LogP contribution in [-0.2, 0) is 0 Å². The molecule has 0 aromatic heterocycles. The van der Waals surface area contributed by atoms with E-state index >= 15 is 0 Å². The van der Waals surface area contributed by atoms with Crippen LogP contribution in [0.1, 0.15) is 22.7 Å². The summed E-state index contributed by atoms with van der Waals surface area (Å²) >= 11 is 0. The highest BCUT2D eigenvalue weighted by atomic mass is 19.1. The molecule has 0 aliphatic rings. The number of benzene rings is 2. The van der Waals surface area contributed by atoms with Crippen LogP contribution in [0.4, 0.5) is 8.78 Å². The summed E-state index contributed by atoms with van der Waals surface area (Å²) in [6, 6.07) is 9.30. The molecule has 2 rings (SSSR count). The van der Waals surface area contributed by atoms with Gasteiger partial charge in [0.25, 0.3) is 0 Å². The lowest BCUT2D eigenvalue weighted by molar-refractivity contribution is 0.260. The van der Waals surface area contributed by atoms with Crippen LogP contribution in [0.2, 0.25) is 0 Å². The van der Waals surface area contributed by atoms with E-state index in [1.807, 2.05) is 20.9 Å². The van der Waals surface area contributed by atoms with E-state index < -0.39 is 11.6 Å². The molecule has 0 saturated carbocycles. The highest BCUT2D eigenvalue weighted by Crippen LogP contribution is 2.22. The maximum absolute atomic E-state index is 13.5. The van der Waals surface area contributed by atoms with Crippen LogP contribution in [-0.4, -0.2) is 13.7 Å². The number of rotatable bonds is 5. The Balaban J connectivity index is 2.14. The van der Waals surface area contributed by atoms with Crippen LogP contribution in [0.3, 0.4) is 0 Å². The average Bonchev–Trinajstić information content (AvgIpc) is 2.42. The molecule has 1 atom stereocenters. The van der Waals surface area contributed by atoms with Crippen LogP contribution >= 0.6 is 0 Å². The molecule has 1 N–H and O–H groups in total. The lowest BCUT2D eigenvalue weighted by Crippen LogP contribution is -2.23. The fourth-order valence-electron chi connectivity index (χ4n) is 2.32. The highest BCUT2D eigenvalue weighted by molar-refractivity contribution is 5.31. The van der Waals surface area contributed by atoms with Gasteiger partial charge >= 0.3 is 0 Å². The van der Waals surface area contributed by atoms with E-state index in [0.29, 0.717) is 0 Å². The molecule has 0 bridgehead atoms. The quantitative estimate of drug-likeness (QED) is 0.901. The van der Waals surface area contributed by atoms with Crippen molar-refractivity contribution in [2.45, 2.75) is 19.9 Å². The average molecular weight is 291 g/mol. The number of likely N-dealkylation sites (N-methyl/N-ethyl adjacent to an activating group) is 1. The van der Waals surface area contributed by atoms with Crippen LogP contribution in [0.15, 0.2) is 36.4 Å². The van der Waals surface area contributed by atoms with E-state index in [1.165, 1.54) is 0 Å². The zero-order valence-electron chi connectivity index (χ0n) is 12.4. The Kier molecular flexibility index (Phi) is 4.91. The number of nitrogens with one attached hydrogen (secondary N) is 1. The topological polar surface area (TPSA) is 21.3 Å². The molecular weight excluding hydrogens is 272 g/mol. The van der Waals surface area contributed by atoms with Crippen molar-refractivity contribution in [2.75, 3.05) is 13.7 Å². The molecule has 0 spiro atoms. The van der Waals surface area contributed by atoms with E-state index in [2.05, 4.69) is 23.5 Å². The molecule has 0 amide bonds. The van der Waals surface area contributed by atoms with Crippen molar-refractivity contribution in [1.82, 2.24) is 5.32 Å². The van der Waals surface area contributed by atoms with Gasteiger partial charge in [-0.2, -0.15) is 0 Å². The maximum atomic E-state index is 13.5. The van der Waals surface area contributed by atoms with Gasteiger partial charge in [0, 0.05) is 6.07 Å². The fraction of sp³-hybridized carbons (Fsp3) is 0.294. The smallest absolute Gasteiger partial charge is 0.165 e. The van der Waals surface area contributed by atoms with Crippen molar-refractivity contribution in [3.63, 3.8) is 0 Å². The minimum Gasteiger partial charge on any atom is -0.488 e. The van der Waals surface area contributed by atoms with E-state index in [0.717, 1.165) is 34.9 Å². The number of halogens is 2. The van der Waals surface area contributed by atoms with Gasteiger partial charge in [0.15, 0.2) is 11.6 Å². The van der Waals surface area contributed by atoms with Crippen molar-refractivity contribution in [3.8, 4) is 5.75 Å². The molecule has 0 saturated heterocycles. The minimum absolute atomic E-state index is 0.0698. The second kappa shape index (κ2) is 6.68. The first-order valence-electron chi connectivity index (χ1n) is 6.83. The summed E-state index contributed by atoms with van der Waals surface area (Å²) in [7, 11) is 1.81. The Morgan fingerprint density at radius 2 is 1.71 bits per heavy atom. The second-order valence-electron chi connectivity index (χ2n) is 5.15. The van der Waals surface area contributed by atoms with Crippen LogP contribution in [0, 0.1) is 25.5 Å². The molecular formula is C17H19F2NO. The van der Waals surface area contributed by atoms with Gasteiger partial charge in [-0.3, -0.25) is 0 Å². The van der Waals surface area contributed by atoms with Gasteiger partial charge in [0.1, 0.15) is 12.4 Å². The SMILES string of the molecule is CNC(COc1cc(F)ccc1F)c1cc(C)cc(C)c1. The molecule has 2 aromatic carbocycles. The van der Waals surface area contributed by atoms with Gasteiger partial charge < -0.3 is 10.1 Å². The lowest BCUT2D eigenvalue weighted by atomic mass is 10.0. The fourth-order valence-corrected chi connectivity index (χ4v) is 2.32. The predicted octanol–water partition coefficient (Wildman–Crippen LogP) is 3.92. The monoisotopic (exact) mass is 291 g/mol. The summed E-state index contributed by atoms with van der Waals surface area (Å²) in [6.07, 6.45) is 0. The molecule has 2 nitrogen and oxygen atoms in total. The minimum atomic E-state index is -0.563. The van der Waals surface area contributed by atoms with E-state index in [1.54, 1.807) is 0 Å². The van der Waals surface area contributed by atoms with Gasteiger partial charge in [-0.15, -0.1) is 0 Å². The lowest BCUT2D eigenvalue weighted by Gasteiger charge is -2.19. The van der Waals surface area contributed by atoms with Crippen LogP contribution < -0.4 is 10.1 Å². The molecule has 0 aliphatic carbocycles. The first kappa shape index (κ1) is 15.4. The zero-order valence-corrected chi connectivity index (χ0v) is 12.4. The summed E-state index contributed by atoms with van der Waals surface area (Å²) in [5, 5.41) is 3.14. The Labute approximate surface area is 123 Å². The summed E-state index contributed by atoms with van der Waals surface area (Å²) in [4.78, 5) is 0. The molecule has 112 valence electrons. The van der Waals surface area contributed by atoms with Gasteiger partial charge in [-0.25, -0.2) is 8.78 Å². The van der Waals surface area contributed by atoms with Crippen molar-refractivity contribution >= 4 is 0 Å². The normalized spacial score (nSPS) is 12.2. The predicted molar refractivity (Wildman–Crippen MR) is 79.6 cm³/mol. The number of aryl methyl sites for hydroxylation is 2. The number of hydrogen-bond acceptors (Lipinski definition) is 2. The molecule has 21 heavy (non-hydrogen) atoms. The van der Waals surface area contributed by atoms with Crippen molar-refractivity contribution in [1.29, 1.82) is 0 Å². The van der Waals surface area contributed by atoms with Gasteiger partial charge in [-0.1, -0.05) is 29.3 Å². The third-order valence-electron chi connectivity index (χ3n) is 3.29. The summed E-state index contributed by atoms with van der Waals surface area (Å²) in [5.74, 6) is -1.15. The standard InChI is InChI=1S/C17H19F2NO/c1-11-6-12(2)8-13(7-11)16(20-3)10-21-17-9-14(18)4-5-15(17)19/h4-9,16,20H,10H2,1-3H3. The molecule has 4 heteroatoms. The first-order valence-corrected chi connectivity index (χ1v) is 6.83. The summed E-state index contributed by atoms with van der Waals surface area (Å²) in [6.45, 7) is 4.27. The Bertz CT molecular complexity index is 608. The molecule has 0 heterocycles. The summed E-state index contributed by atoms with van der Waals surface area (Å²) < 4.78 is 32.1. The molecule has 0 fully saturated rings. The first-order chi connectivity index (χ1) is 9.99. The highest BCUT2D eigenvalue weighted by Gasteiger charge is 2.13. The number of hydrogen-bond donors (Lipinski definition) is 1. The van der Waals surface area contributed by atoms with Crippen molar-refractivity contribution < 1.29 is 13.5 Å².